The van der Waals surface area contributed by atoms with Gasteiger partial charge < -0.3 is 33.0 Å². The molecular weight excluding hydrogens is 781 g/mol. The second kappa shape index (κ2) is 21.8. The van der Waals surface area contributed by atoms with Crippen molar-refractivity contribution in [3.8, 4) is 5.75 Å². The van der Waals surface area contributed by atoms with Crippen LogP contribution in [0.4, 0.5) is 5.69 Å². The molecule has 10 nitrogen and oxygen atoms in total. The van der Waals surface area contributed by atoms with Crippen LogP contribution in [0.1, 0.15) is 90.0 Å². The molecule has 2 heterocycles. The fourth-order valence-corrected chi connectivity index (χ4v) is 16.2. The number of anilines is 1. The Bertz CT molecular complexity index is 1820. The van der Waals surface area contributed by atoms with Gasteiger partial charge in [0.25, 0.3) is 0 Å². The topological polar surface area (TPSA) is 96.0 Å². The summed E-state index contributed by atoms with van der Waals surface area (Å²) < 4.78 is 68.6. The van der Waals surface area contributed by atoms with Crippen LogP contribution in [0.3, 0.4) is 0 Å². The minimum Gasteiger partial charge on any atom is -0.490 e. The third-order valence-electron chi connectivity index (χ3n) is 12.2. The summed E-state index contributed by atoms with van der Waals surface area (Å²) in [6.07, 6.45) is -0.0275. The molecule has 1 saturated heterocycles. The van der Waals surface area contributed by atoms with Crippen LogP contribution in [0.25, 0.3) is 0 Å². The number of nitrogens with zero attached hydrogens (tertiary/aromatic N) is 2. The van der Waals surface area contributed by atoms with Crippen LogP contribution in [0.2, 0.25) is 16.6 Å². The van der Waals surface area contributed by atoms with Gasteiger partial charge in [-0.2, -0.15) is 4.31 Å². The molecular formula is C47H72N2O8SSi. The maximum Gasteiger partial charge on any atom is 0.243 e. The van der Waals surface area contributed by atoms with Gasteiger partial charge in [-0.05, 0) is 77.8 Å². The van der Waals surface area contributed by atoms with E-state index in [9.17, 15) is 8.42 Å². The number of rotatable bonds is 22. The van der Waals surface area contributed by atoms with Crippen LogP contribution in [-0.2, 0) is 46.6 Å². The minimum atomic E-state index is -3.88. The molecule has 0 radical (unpaired) electrons. The number of benzene rings is 3. The van der Waals surface area contributed by atoms with Crippen LogP contribution in [-0.4, -0.2) is 99.6 Å². The highest BCUT2D eigenvalue weighted by Gasteiger charge is 2.51. The zero-order valence-electron chi connectivity index (χ0n) is 37.4. The van der Waals surface area contributed by atoms with E-state index in [2.05, 4.69) is 89.8 Å². The van der Waals surface area contributed by atoms with Gasteiger partial charge in [0.2, 0.25) is 18.3 Å². The molecule has 59 heavy (non-hydrogen) atoms. The van der Waals surface area contributed by atoms with Gasteiger partial charge in [0.1, 0.15) is 12.4 Å². The van der Waals surface area contributed by atoms with E-state index in [0.29, 0.717) is 68.8 Å². The number of ether oxygens (including phenoxy) is 5. The van der Waals surface area contributed by atoms with Crippen molar-refractivity contribution in [1.82, 2.24) is 4.31 Å². The quantitative estimate of drug-likeness (QED) is 0.0724. The van der Waals surface area contributed by atoms with Crippen molar-refractivity contribution in [2.45, 2.75) is 122 Å². The molecule has 0 aliphatic carbocycles. The van der Waals surface area contributed by atoms with Crippen molar-refractivity contribution in [2.75, 3.05) is 71.2 Å². The highest BCUT2D eigenvalue weighted by Crippen LogP contribution is 2.47. The Morgan fingerprint density at radius 3 is 2.10 bits per heavy atom. The number of hydrogen-bond acceptors (Lipinski definition) is 9. The van der Waals surface area contributed by atoms with Crippen LogP contribution in [0, 0.1) is 12.8 Å². The molecule has 328 valence electrons. The molecule has 3 aromatic rings. The van der Waals surface area contributed by atoms with Crippen molar-refractivity contribution in [1.29, 1.82) is 0 Å². The van der Waals surface area contributed by atoms with Gasteiger partial charge in [-0.3, -0.25) is 0 Å². The predicted molar refractivity (Wildman–Crippen MR) is 240 cm³/mol. The first-order valence-electron chi connectivity index (χ1n) is 21.8. The third-order valence-corrected chi connectivity index (χ3v) is 20.1. The number of hydrogen-bond donors (Lipinski definition) is 0. The first kappa shape index (κ1) is 47.2. The van der Waals surface area contributed by atoms with Crippen molar-refractivity contribution < 1.29 is 36.5 Å². The van der Waals surface area contributed by atoms with Crippen molar-refractivity contribution in [3.05, 3.63) is 89.0 Å². The van der Waals surface area contributed by atoms with Crippen molar-refractivity contribution >= 4 is 24.0 Å². The molecule has 0 amide bonds. The Hall–Kier alpha value is -2.81. The van der Waals surface area contributed by atoms with E-state index in [1.807, 2.05) is 32.0 Å². The fourth-order valence-electron chi connectivity index (χ4n) is 9.19. The maximum absolute atomic E-state index is 14.6. The van der Waals surface area contributed by atoms with Crippen LogP contribution in [0.15, 0.2) is 71.6 Å². The lowest BCUT2D eigenvalue weighted by Gasteiger charge is -2.50. The minimum absolute atomic E-state index is 0.195. The Kier molecular flexibility index (Phi) is 17.5. The molecule has 0 bridgehead atoms. The van der Waals surface area contributed by atoms with E-state index in [4.69, 9.17) is 28.1 Å². The molecule has 5 rings (SSSR count). The average molecular weight is 853 g/mol. The molecule has 4 atom stereocenters. The average Bonchev–Trinajstić information content (AvgIpc) is 3.21. The van der Waals surface area contributed by atoms with Crippen LogP contribution >= 0.6 is 0 Å². The first-order valence-corrected chi connectivity index (χ1v) is 25.4. The lowest BCUT2D eigenvalue weighted by Crippen LogP contribution is -2.59. The fraction of sp³-hybridized carbons (Fsp3) is 0.617. The van der Waals surface area contributed by atoms with E-state index >= 15 is 0 Å². The highest BCUT2D eigenvalue weighted by molar-refractivity contribution is 7.89. The zero-order valence-corrected chi connectivity index (χ0v) is 39.3. The van der Waals surface area contributed by atoms with Crippen molar-refractivity contribution in [3.63, 3.8) is 0 Å². The van der Waals surface area contributed by atoms with Gasteiger partial charge in [-0.1, -0.05) is 96.5 Å². The maximum atomic E-state index is 14.6. The SMILES string of the molecule is CCOC[C@H](C)COCc1ccc([C@@H]2[C@@H](OCc3ccc4c(c3)N(CCCOC)CCO4)CN(S(=O)(=O)c3ccc(C)cc3)C[C@H]2O[Si](C(C)C)(C(C)C)C(C)C)cc1. The molecule has 1 fully saturated rings. The Balaban J connectivity index is 1.53. The summed E-state index contributed by atoms with van der Waals surface area (Å²) in [5.41, 5.74) is 6.12. The molecule has 0 aromatic heterocycles. The Labute approximate surface area is 357 Å². The summed E-state index contributed by atoms with van der Waals surface area (Å²) in [5, 5.41) is 0. The zero-order chi connectivity index (χ0) is 42.7. The largest absolute Gasteiger partial charge is 0.490 e. The second-order valence-electron chi connectivity index (χ2n) is 17.5. The van der Waals surface area contributed by atoms with Gasteiger partial charge in [-0.15, -0.1) is 0 Å². The standard InChI is InChI=1S/C47H72N2O8SSi/c1-11-53-30-38(9)31-54-32-39-15-18-41(19-16-39)47-45(56-33-40-17-22-44-43(27-40)48(24-26-55-44)23-12-25-52-10)28-49(58(50,51)42-20-13-37(8)14-21-42)29-46(47)57-59(34(2)3,35(4)5)36(6)7/h13-22,27,34-36,38,45-47H,11-12,23-26,28-33H2,1-10H3/t38-,45-,46+,47+/m0/s1. The third kappa shape index (κ3) is 11.8. The van der Waals surface area contributed by atoms with Gasteiger partial charge in [-0.25, -0.2) is 8.42 Å². The summed E-state index contributed by atoms with van der Waals surface area (Å²) in [7, 11) is -4.65. The van der Waals surface area contributed by atoms with Crippen molar-refractivity contribution in [2.24, 2.45) is 5.92 Å². The molecule has 2 aliphatic rings. The first-order chi connectivity index (χ1) is 28.2. The van der Waals surface area contributed by atoms with E-state index < -0.39 is 30.5 Å². The molecule has 0 saturated carbocycles. The number of aryl methyl sites for hydroxylation is 1. The summed E-state index contributed by atoms with van der Waals surface area (Å²) in [5.74, 6) is 0.942. The molecule has 0 unspecified atom stereocenters. The normalized spacial score (nSPS) is 19.7. The molecule has 2 aliphatic heterocycles. The summed E-state index contributed by atoms with van der Waals surface area (Å²) in [4.78, 5) is 2.63. The van der Waals surface area contributed by atoms with E-state index in [0.717, 1.165) is 53.2 Å². The molecule has 0 spiro atoms. The van der Waals surface area contributed by atoms with E-state index in [-0.39, 0.29) is 23.9 Å². The van der Waals surface area contributed by atoms with Gasteiger partial charge in [0, 0.05) is 51.8 Å². The van der Waals surface area contributed by atoms with Crippen LogP contribution < -0.4 is 9.64 Å². The van der Waals surface area contributed by atoms with E-state index in [1.165, 1.54) is 0 Å². The number of methoxy groups -OCH3 is 1. The number of sulfonamides is 1. The van der Waals surface area contributed by atoms with Crippen LogP contribution in [0.5, 0.6) is 5.75 Å². The smallest absolute Gasteiger partial charge is 0.243 e. The second-order valence-corrected chi connectivity index (χ2v) is 24.8. The Morgan fingerprint density at radius 1 is 0.814 bits per heavy atom. The summed E-state index contributed by atoms with van der Waals surface area (Å²) in [6.45, 7) is 26.0. The van der Waals surface area contributed by atoms with Gasteiger partial charge in [0.05, 0.1) is 55.8 Å². The van der Waals surface area contributed by atoms with Gasteiger partial charge >= 0.3 is 0 Å². The molecule has 3 aromatic carbocycles. The highest BCUT2D eigenvalue weighted by atomic mass is 32.2. The number of piperidine rings is 1. The monoisotopic (exact) mass is 852 g/mol. The predicted octanol–water partition coefficient (Wildman–Crippen LogP) is 9.35. The Morgan fingerprint density at radius 2 is 1.46 bits per heavy atom. The van der Waals surface area contributed by atoms with E-state index in [1.54, 1.807) is 23.5 Å². The molecule has 0 N–H and O–H groups in total. The number of fused-ring (bicyclic) bond motifs is 1. The lowest BCUT2D eigenvalue weighted by atomic mass is 9.85. The lowest BCUT2D eigenvalue weighted by molar-refractivity contribution is -0.0505. The molecule has 12 heteroatoms. The summed E-state index contributed by atoms with van der Waals surface area (Å²) in [6, 6.07) is 22.0. The summed E-state index contributed by atoms with van der Waals surface area (Å²) >= 11 is 0. The van der Waals surface area contributed by atoms with Gasteiger partial charge in [0.15, 0.2) is 0 Å².